The van der Waals surface area contributed by atoms with Crippen molar-refractivity contribution in [1.82, 2.24) is 4.90 Å². The number of methoxy groups -OCH3 is 1. The third-order valence-corrected chi connectivity index (χ3v) is 5.69. The van der Waals surface area contributed by atoms with Crippen LogP contribution in [-0.2, 0) is 22.5 Å². The zero-order valence-electron chi connectivity index (χ0n) is 16.0. The molecule has 8 heteroatoms. The topological polar surface area (TPSA) is 84.9 Å². The SMILES string of the molecule is CCOC(=O)c1c(NC(=O)c2ccc(OC)cc2)sc2c1CCN(C(C)=O)C2. The van der Waals surface area contributed by atoms with Crippen LogP contribution in [0.2, 0.25) is 0 Å². The van der Waals surface area contributed by atoms with Crippen LogP contribution in [0, 0.1) is 0 Å². The molecular formula is C20H22N2O5S. The van der Waals surface area contributed by atoms with Gasteiger partial charge in [-0.15, -0.1) is 11.3 Å². The summed E-state index contributed by atoms with van der Waals surface area (Å²) in [5, 5.41) is 3.29. The standard InChI is InChI=1S/C20H22N2O5S/c1-4-27-20(25)17-15-9-10-22(12(2)23)11-16(15)28-19(17)21-18(24)13-5-7-14(26-3)8-6-13/h5-8H,4,9-11H2,1-3H3,(H,21,24). The summed E-state index contributed by atoms with van der Waals surface area (Å²) in [4.78, 5) is 39.6. The van der Waals surface area contributed by atoms with Crippen molar-refractivity contribution >= 4 is 34.1 Å². The maximum absolute atomic E-state index is 12.7. The van der Waals surface area contributed by atoms with Crippen molar-refractivity contribution in [2.24, 2.45) is 0 Å². The van der Waals surface area contributed by atoms with E-state index in [1.54, 1.807) is 43.2 Å². The van der Waals surface area contributed by atoms with E-state index in [1.807, 2.05) is 0 Å². The quantitative estimate of drug-likeness (QED) is 0.777. The molecule has 0 fully saturated rings. The summed E-state index contributed by atoms with van der Waals surface area (Å²) in [7, 11) is 1.56. The lowest BCUT2D eigenvalue weighted by Crippen LogP contribution is -2.34. The second kappa shape index (κ2) is 8.43. The van der Waals surface area contributed by atoms with Gasteiger partial charge in [-0.2, -0.15) is 0 Å². The lowest BCUT2D eigenvalue weighted by atomic mass is 10.0. The van der Waals surface area contributed by atoms with E-state index in [1.165, 1.54) is 18.3 Å². The predicted octanol–water partition coefficient (Wildman–Crippen LogP) is 3.09. The minimum atomic E-state index is -0.457. The number of ether oxygens (including phenoxy) is 2. The molecule has 0 unspecified atom stereocenters. The average molecular weight is 402 g/mol. The van der Waals surface area contributed by atoms with E-state index in [-0.39, 0.29) is 18.4 Å². The number of rotatable bonds is 5. The fourth-order valence-corrected chi connectivity index (χ4v) is 4.34. The van der Waals surface area contributed by atoms with Gasteiger partial charge in [-0.1, -0.05) is 0 Å². The fourth-order valence-electron chi connectivity index (χ4n) is 3.10. The minimum absolute atomic E-state index is 0.0134. The molecule has 1 aliphatic heterocycles. The number of benzene rings is 1. The van der Waals surface area contributed by atoms with E-state index in [0.717, 1.165) is 10.4 Å². The molecule has 2 aromatic rings. The highest BCUT2D eigenvalue weighted by molar-refractivity contribution is 7.17. The number of amides is 2. The van der Waals surface area contributed by atoms with Gasteiger partial charge in [-0.05, 0) is 43.2 Å². The van der Waals surface area contributed by atoms with Crippen LogP contribution in [-0.4, -0.2) is 42.9 Å². The van der Waals surface area contributed by atoms with Gasteiger partial charge in [0, 0.05) is 23.9 Å². The van der Waals surface area contributed by atoms with Crippen LogP contribution in [0.15, 0.2) is 24.3 Å². The molecule has 28 heavy (non-hydrogen) atoms. The van der Waals surface area contributed by atoms with Crippen molar-refractivity contribution < 1.29 is 23.9 Å². The molecule has 0 saturated carbocycles. The number of carbonyl (C=O) groups is 3. The average Bonchev–Trinajstić information content (AvgIpc) is 3.05. The number of carbonyl (C=O) groups excluding carboxylic acids is 3. The first kappa shape index (κ1) is 19.9. The van der Waals surface area contributed by atoms with Crippen molar-refractivity contribution in [1.29, 1.82) is 0 Å². The van der Waals surface area contributed by atoms with Gasteiger partial charge in [0.1, 0.15) is 10.8 Å². The molecule has 2 amide bonds. The van der Waals surface area contributed by atoms with E-state index in [2.05, 4.69) is 5.32 Å². The first-order chi connectivity index (χ1) is 13.4. The molecule has 7 nitrogen and oxygen atoms in total. The maximum atomic E-state index is 12.7. The van der Waals surface area contributed by atoms with Crippen LogP contribution in [0.4, 0.5) is 5.00 Å². The van der Waals surface area contributed by atoms with E-state index in [4.69, 9.17) is 9.47 Å². The Labute approximate surface area is 167 Å². The van der Waals surface area contributed by atoms with Crippen molar-refractivity contribution in [3.8, 4) is 5.75 Å². The number of hydrogen-bond donors (Lipinski definition) is 1. The number of anilines is 1. The number of nitrogens with zero attached hydrogens (tertiary/aromatic N) is 1. The molecular weight excluding hydrogens is 380 g/mol. The van der Waals surface area contributed by atoms with E-state index < -0.39 is 5.97 Å². The van der Waals surface area contributed by atoms with Gasteiger partial charge in [-0.3, -0.25) is 9.59 Å². The summed E-state index contributed by atoms with van der Waals surface area (Å²) >= 11 is 1.32. The summed E-state index contributed by atoms with van der Waals surface area (Å²) < 4.78 is 10.3. The lowest BCUT2D eigenvalue weighted by Gasteiger charge is -2.25. The minimum Gasteiger partial charge on any atom is -0.497 e. The largest absolute Gasteiger partial charge is 0.497 e. The van der Waals surface area contributed by atoms with Crippen molar-refractivity contribution in [3.05, 3.63) is 45.8 Å². The fraction of sp³-hybridized carbons (Fsp3) is 0.350. The Kier molecular flexibility index (Phi) is 5.99. The Morgan fingerprint density at radius 1 is 1.21 bits per heavy atom. The Bertz CT molecular complexity index is 904. The number of thiophene rings is 1. The molecule has 0 saturated heterocycles. The van der Waals surface area contributed by atoms with Crippen LogP contribution in [0.25, 0.3) is 0 Å². The molecule has 148 valence electrons. The Hall–Kier alpha value is -2.87. The number of hydrogen-bond acceptors (Lipinski definition) is 6. The number of esters is 1. The van der Waals surface area contributed by atoms with Crippen molar-refractivity contribution in [3.63, 3.8) is 0 Å². The highest BCUT2D eigenvalue weighted by Gasteiger charge is 2.30. The molecule has 0 spiro atoms. The van der Waals surface area contributed by atoms with Gasteiger partial charge >= 0.3 is 5.97 Å². The van der Waals surface area contributed by atoms with E-state index in [0.29, 0.717) is 41.4 Å². The summed E-state index contributed by atoms with van der Waals surface area (Å²) in [5.74, 6) is -0.142. The molecule has 0 bridgehead atoms. The second-order valence-corrected chi connectivity index (χ2v) is 7.41. The summed E-state index contributed by atoms with van der Waals surface area (Å²) in [6.07, 6.45) is 0.554. The molecule has 1 N–H and O–H groups in total. The van der Waals surface area contributed by atoms with Gasteiger partial charge in [0.15, 0.2) is 0 Å². The first-order valence-corrected chi connectivity index (χ1v) is 9.78. The van der Waals surface area contributed by atoms with E-state index >= 15 is 0 Å². The molecule has 2 heterocycles. The van der Waals surface area contributed by atoms with Crippen molar-refractivity contribution in [2.45, 2.75) is 26.8 Å². The zero-order chi connectivity index (χ0) is 20.3. The van der Waals surface area contributed by atoms with Crippen LogP contribution in [0.3, 0.4) is 0 Å². The summed E-state index contributed by atoms with van der Waals surface area (Å²) in [6, 6.07) is 6.71. The second-order valence-electron chi connectivity index (χ2n) is 6.30. The van der Waals surface area contributed by atoms with Gasteiger partial charge in [0.2, 0.25) is 5.91 Å². The molecule has 0 atom stereocenters. The monoisotopic (exact) mass is 402 g/mol. The van der Waals surface area contributed by atoms with Crippen LogP contribution >= 0.6 is 11.3 Å². The molecule has 3 rings (SSSR count). The first-order valence-electron chi connectivity index (χ1n) is 8.97. The van der Waals surface area contributed by atoms with Crippen LogP contribution in [0.5, 0.6) is 5.75 Å². The van der Waals surface area contributed by atoms with Crippen LogP contribution < -0.4 is 10.1 Å². The third-order valence-electron chi connectivity index (χ3n) is 4.56. The van der Waals surface area contributed by atoms with Crippen LogP contribution in [0.1, 0.15) is 45.0 Å². The highest BCUT2D eigenvalue weighted by Crippen LogP contribution is 2.38. The molecule has 1 aliphatic rings. The molecule has 0 aliphatic carbocycles. The Morgan fingerprint density at radius 2 is 1.93 bits per heavy atom. The Balaban J connectivity index is 1.91. The predicted molar refractivity (Wildman–Crippen MR) is 106 cm³/mol. The molecule has 0 radical (unpaired) electrons. The smallest absolute Gasteiger partial charge is 0.341 e. The van der Waals surface area contributed by atoms with Gasteiger partial charge < -0.3 is 19.7 Å². The maximum Gasteiger partial charge on any atom is 0.341 e. The Morgan fingerprint density at radius 3 is 2.54 bits per heavy atom. The lowest BCUT2D eigenvalue weighted by molar-refractivity contribution is -0.129. The number of fused-ring (bicyclic) bond motifs is 1. The zero-order valence-corrected chi connectivity index (χ0v) is 16.9. The van der Waals surface area contributed by atoms with E-state index in [9.17, 15) is 14.4 Å². The van der Waals surface area contributed by atoms with Gasteiger partial charge in [0.25, 0.3) is 5.91 Å². The molecule has 1 aromatic heterocycles. The summed E-state index contributed by atoms with van der Waals surface area (Å²) in [5.41, 5.74) is 1.70. The third kappa shape index (κ3) is 4.01. The van der Waals surface area contributed by atoms with Gasteiger partial charge in [0.05, 0.1) is 25.8 Å². The van der Waals surface area contributed by atoms with Crippen molar-refractivity contribution in [2.75, 3.05) is 25.6 Å². The molecule has 1 aromatic carbocycles. The van der Waals surface area contributed by atoms with Gasteiger partial charge in [-0.25, -0.2) is 4.79 Å². The highest BCUT2D eigenvalue weighted by atomic mass is 32.1. The normalized spacial score (nSPS) is 12.9. The number of nitrogens with one attached hydrogen (secondary N) is 1. The summed E-state index contributed by atoms with van der Waals surface area (Å²) in [6.45, 7) is 4.48.